The zero-order valence-electron chi connectivity index (χ0n) is 16.1. The van der Waals surface area contributed by atoms with Crippen molar-refractivity contribution >= 4 is 5.91 Å². The maximum atomic E-state index is 13.0. The number of likely N-dealkylation sites (tertiary alicyclic amines) is 1. The summed E-state index contributed by atoms with van der Waals surface area (Å²) >= 11 is 0. The van der Waals surface area contributed by atoms with Crippen LogP contribution >= 0.6 is 0 Å². The van der Waals surface area contributed by atoms with Gasteiger partial charge < -0.3 is 9.64 Å². The molecule has 0 aliphatic carbocycles. The van der Waals surface area contributed by atoms with Gasteiger partial charge in [0, 0.05) is 31.5 Å². The number of ether oxygens (including phenoxy) is 1. The second-order valence-corrected chi connectivity index (χ2v) is 7.03. The minimum atomic E-state index is -0.167. The van der Waals surface area contributed by atoms with Gasteiger partial charge in [0.15, 0.2) is 5.82 Å². The summed E-state index contributed by atoms with van der Waals surface area (Å²) < 4.78 is 7.55. The standard InChI is InChI=1S/C21H23N5O2/c1-15-12-19(28-17-8-4-3-5-9-17)24-20(23-15)18-10-6-7-11-26(18)21(27)16-13-22-25(2)14-16/h3-5,8-9,12-14,18H,6-7,10-11H2,1-2H3/t18-/m1/s1. The van der Waals surface area contributed by atoms with Crippen LogP contribution in [-0.4, -0.2) is 37.1 Å². The molecule has 3 aromatic rings. The smallest absolute Gasteiger partial charge is 0.257 e. The Balaban J connectivity index is 1.63. The summed E-state index contributed by atoms with van der Waals surface area (Å²) in [7, 11) is 1.81. The number of para-hydroxylation sites is 1. The second kappa shape index (κ2) is 7.80. The highest BCUT2D eigenvalue weighted by atomic mass is 16.5. The van der Waals surface area contributed by atoms with Crippen molar-refractivity contribution in [3.8, 4) is 11.6 Å². The number of nitrogens with zero attached hydrogens (tertiary/aromatic N) is 5. The molecular formula is C21H23N5O2. The van der Waals surface area contributed by atoms with Gasteiger partial charge in [-0.25, -0.2) is 4.98 Å². The predicted octanol–water partition coefficient (Wildman–Crippen LogP) is 3.68. The summed E-state index contributed by atoms with van der Waals surface area (Å²) in [5.74, 6) is 1.81. The lowest BCUT2D eigenvalue weighted by molar-refractivity contribution is 0.0598. The van der Waals surface area contributed by atoms with Crippen molar-refractivity contribution in [3.05, 3.63) is 65.9 Å². The maximum absolute atomic E-state index is 13.0. The molecule has 7 heteroatoms. The van der Waals surface area contributed by atoms with Gasteiger partial charge in [0.05, 0.1) is 17.8 Å². The molecule has 1 atom stereocenters. The third-order valence-corrected chi connectivity index (χ3v) is 4.83. The number of benzene rings is 1. The molecule has 0 saturated carbocycles. The van der Waals surface area contributed by atoms with Gasteiger partial charge in [-0.3, -0.25) is 9.48 Å². The van der Waals surface area contributed by atoms with Crippen LogP contribution in [0.2, 0.25) is 0 Å². The van der Waals surface area contributed by atoms with Gasteiger partial charge in [-0.1, -0.05) is 18.2 Å². The normalized spacial score (nSPS) is 16.8. The van der Waals surface area contributed by atoms with Gasteiger partial charge in [0.1, 0.15) is 5.75 Å². The Morgan fingerprint density at radius 1 is 1.18 bits per heavy atom. The number of carbonyl (C=O) groups excluding carboxylic acids is 1. The maximum Gasteiger partial charge on any atom is 0.257 e. The molecule has 0 radical (unpaired) electrons. The van der Waals surface area contributed by atoms with Crippen LogP contribution in [0.4, 0.5) is 0 Å². The Morgan fingerprint density at radius 2 is 2.00 bits per heavy atom. The number of hydrogen-bond donors (Lipinski definition) is 0. The number of carbonyl (C=O) groups is 1. The number of piperidine rings is 1. The average Bonchev–Trinajstić information content (AvgIpc) is 3.14. The van der Waals surface area contributed by atoms with Gasteiger partial charge in [-0.05, 0) is 38.3 Å². The molecule has 28 heavy (non-hydrogen) atoms. The van der Waals surface area contributed by atoms with Gasteiger partial charge in [0.2, 0.25) is 5.88 Å². The molecule has 0 bridgehead atoms. The van der Waals surface area contributed by atoms with E-state index in [-0.39, 0.29) is 11.9 Å². The Kier molecular flexibility index (Phi) is 5.06. The van der Waals surface area contributed by atoms with Crippen LogP contribution in [0.1, 0.15) is 47.2 Å². The minimum Gasteiger partial charge on any atom is -0.439 e. The van der Waals surface area contributed by atoms with Gasteiger partial charge >= 0.3 is 0 Å². The molecule has 0 unspecified atom stereocenters. The average molecular weight is 377 g/mol. The predicted molar refractivity (Wildman–Crippen MR) is 104 cm³/mol. The van der Waals surface area contributed by atoms with E-state index in [0.717, 1.165) is 30.7 Å². The van der Waals surface area contributed by atoms with E-state index >= 15 is 0 Å². The largest absolute Gasteiger partial charge is 0.439 e. The van der Waals surface area contributed by atoms with E-state index in [2.05, 4.69) is 15.1 Å². The first kappa shape index (κ1) is 18.2. The molecule has 1 aliphatic rings. The van der Waals surface area contributed by atoms with Crippen LogP contribution in [-0.2, 0) is 7.05 Å². The fraction of sp³-hybridized carbons (Fsp3) is 0.333. The number of amides is 1. The molecule has 1 aliphatic heterocycles. The van der Waals surface area contributed by atoms with Crippen molar-refractivity contribution in [2.75, 3.05) is 6.54 Å². The number of hydrogen-bond acceptors (Lipinski definition) is 5. The van der Waals surface area contributed by atoms with E-state index in [1.165, 1.54) is 0 Å². The van der Waals surface area contributed by atoms with Crippen molar-refractivity contribution in [1.29, 1.82) is 0 Å². The number of rotatable bonds is 4. The highest BCUT2D eigenvalue weighted by Crippen LogP contribution is 2.32. The minimum absolute atomic E-state index is 0.0339. The van der Waals surface area contributed by atoms with E-state index in [1.807, 2.05) is 48.2 Å². The molecule has 144 valence electrons. The van der Waals surface area contributed by atoms with Crippen LogP contribution in [0.25, 0.3) is 0 Å². The van der Waals surface area contributed by atoms with Crippen LogP contribution in [0.15, 0.2) is 48.8 Å². The number of aromatic nitrogens is 4. The summed E-state index contributed by atoms with van der Waals surface area (Å²) in [4.78, 5) is 24.2. The lowest BCUT2D eigenvalue weighted by Crippen LogP contribution is -2.39. The fourth-order valence-corrected chi connectivity index (χ4v) is 3.51. The molecule has 3 heterocycles. The summed E-state index contributed by atoms with van der Waals surface area (Å²) in [6.45, 7) is 2.60. The zero-order valence-corrected chi connectivity index (χ0v) is 16.1. The first-order chi connectivity index (χ1) is 13.6. The zero-order chi connectivity index (χ0) is 19.5. The van der Waals surface area contributed by atoms with Crippen LogP contribution in [0.5, 0.6) is 11.6 Å². The van der Waals surface area contributed by atoms with Gasteiger partial charge in [-0.15, -0.1) is 0 Å². The van der Waals surface area contributed by atoms with Crippen LogP contribution in [0.3, 0.4) is 0 Å². The van der Waals surface area contributed by atoms with Crippen molar-refractivity contribution < 1.29 is 9.53 Å². The SMILES string of the molecule is Cc1cc(Oc2ccccc2)nc([C@H]2CCCCN2C(=O)c2cnn(C)c2)n1. The van der Waals surface area contributed by atoms with E-state index < -0.39 is 0 Å². The molecule has 2 aromatic heterocycles. The first-order valence-corrected chi connectivity index (χ1v) is 9.48. The molecular weight excluding hydrogens is 354 g/mol. The second-order valence-electron chi connectivity index (χ2n) is 7.03. The highest BCUT2D eigenvalue weighted by Gasteiger charge is 2.31. The third-order valence-electron chi connectivity index (χ3n) is 4.83. The van der Waals surface area contributed by atoms with Crippen molar-refractivity contribution in [1.82, 2.24) is 24.6 Å². The highest BCUT2D eigenvalue weighted by molar-refractivity contribution is 5.94. The summed E-state index contributed by atoms with van der Waals surface area (Å²) in [5.41, 5.74) is 1.40. The quantitative estimate of drug-likeness (QED) is 0.693. The summed E-state index contributed by atoms with van der Waals surface area (Å²) in [6.07, 6.45) is 6.19. The Hall–Kier alpha value is -3.22. The van der Waals surface area contributed by atoms with E-state index in [1.54, 1.807) is 24.1 Å². The molecule has 0 N–H and O–H groups in total. The van der Waals surface area contributed by atoms with E-state index in [0.29, 0.717) is 23.8 Å². The molecule has 0 spiro atoms. The van der Waals surface area contributed by atoms with Crippen molar-refractivity contribution in [2.45, 2.75) is 32.2 Å². The number of aryl methyl sites for hydroxylation is 2. The molecule has 1 fully saturated rings. The molecule has 4 rings (SSSR count). The Bertz CT molecular complexity index is 970. The van der Waals surface area contributed by atoms with Crippen LogP contribution < -0.4 is 4.74 Å². The van der Waals surface area contributed by atoms with Gasteiger partial charge in [0.25, 0.3) is 5.91 Å². The molecule has 1 saturated heterocycles. The first-order valence-electron chi connectivity index (χ1n) is 9.48. The summed E-state index contributed by atoms with van der Waals surface area (Å²) in [6, 6.07) is 11.2. The lowest BCUT2D eigenvalue weighted by Gasteiger charge is -2.34. The topological polar surface area (TPSA) is 73.1 Å². The van der Waals surface area contributed by atoms with Crippen LogP contribution in [0, 0.1) is 6.92 Å². The summed E-state index contributed by atoms with van der Waals surface area (Å²) in [5, 5.41) is 4.12. The van der Waals surface area contributed by atoms with Gasteiger partial charge in [-0.2, -0.15) is 10.1 Å². The van der Waals surface area contributed by atoms with E-state index in [4.69, 9.17) is 4.74 Å². The fourth-order valence-electron chi connectivity index (χ4n) is 3.51. The van der Waals surface area contributed by atoms with Crippen molar-refractivity contribution in [2.24, 2.45) is 7.05 Å². The lowest BCUT2D eigenvalue weighted by atomic mass is 10.0. The molecule has 1 aromatic carbocycles. The van der Waals surface area contributed by atoms with Crippen molar-refractivity contribution in [3.63, 3.8) is 0 Å². The molecule has 1 amide bonds. The Morgan fingerprint density at radius 3 is 2.75 bits per heavy atom. The van der Waals surface area contributed by atoms with E-state index in [9.17, 15) is 4.79 Å². The third kappa shape index (κ3) is 3.88. The Labute approximate surface area is 164 Å². The monoisotopic (exact) mass is 377 g/mol. The molecule has 7 nitrogen and oxygen atoms in total.